The summed E-state index contributed by atoms with van der Waals surface area (Å²) < 4.78 is 6.03. The Balaban J connectivity index is 4.38. The second-order valence-corrected chi connectivity index (χ2v) is 6.62. The van der Waals surface area contributed by atoms with Gasteiger partial charge in [0.2, 0.25) is 0 Å². The van der Waals surface area contributed by atoms with Gasteiger partial charge in [-0.15, -0.1) is 0 Å². The number of carbonyl (C=O) groups is 1. The molecular weight excluding hydrogens is 276 g/mol. The third-order valence-electron chi connectivity index (χ3n) is 4.65. The highest BCUT2D eigenvalue weighted by Crippen LogP contribution is 2.23. The van der Waals surface area contributed by atoms with Gasteiger partial charge in [-0.1, -0.05) is 72.6 Å². The topological polar surface area (TPSA) is 46.5 Å². The van der Waals surface area contributed by atoms with E-state index in [4.69, 9.17) is 9.84 Å². The zero-order chi connectivity index (χ0) is 16.8. The molecule has 3 unspecified atom stereocenters. The molecule has 3 atom stereocenters. The van der Waals surface area contributed by atoms with Crippen molar-refractivity contribution in [2.24, 2.45) is 11.8 Å². The smallest absolute Gasteiger partial charge is 0.305 e. The van der Waals surface area contributed by atoms with Crippen molar-refractivity contribution in [2.75, 3.05) is 6.61 Å². The summed E-state index contributed by atoms with van der Waals surface area (Å²) in [6.45, 7) is 9.54. The Morgan fingerprint density at radius 3 is 1.95 bits per heavy atom. The molecule has 0 aromatic rings. The van der Waals surface area contributed by atoms with Crippen molar-refractivity contribution >= 4 is 5.97 Å². The van der Waals surface area contributed by atoms with Crippen molar-refractivity contribution in [3.05, 3.63) is 0 Å². The molecule has 0 radical (unpaired) electrons. The van der Waals surface area contributed by atoms with E-state index in [9.17, 15) is 4.79 Å². The number of hydrogen-bond acceptors (Lipinski definition) is 2. The normalized spacial score (nSPS) is 15.5. The van der Waals surface area contributed by atoms with Crippen LogP contribution >= 0.6 is 0 Å². The molecule has 0 fully saturated rings. The van der Waals surface area contributed by atoms with Crippen LogP contribution in [0.25, 0.3) is 0 Å². The highest BCUT2D eigenvalue weighted by molar-refractivity contribution is 5.67. The molecular formula is C19H38O3. The first-order chi connectivity index (χ1) is 10.6. The van der Waals surface area contributed by atoms with Crippen LogP contribution in [0.3, 0.4) is 0 Å². The fraction of sp³-hybridized carbons (Fsp3) is 0.947. The molecule has 0 heterocycles. The van der Waals surface area contributed by atoms with Gasteiger partial charge >= 0.3 is 5.97 Å². The summed E-state index contributed by atoms with van der Waals surface area (Å²) in [7, 11) is 0. The van der Waals surface area contributed by atoms with Crippen LogP contribution in [-0.4, -0.2) is 23.8 Å². The number of carboxylic acids is 1. The molecule has 0 bridgehead atoms. The minimum absolute atomic E-state index is 0.116. The predicted molar refractivity (Wildman–Crippen MR) is 93.2 cm³/mol. The third-order valence-corrected chi connectivity index (χ3v) is 4.65. The molecule has 0 aromatic heterocycles. The molecule has 3 heteroatoms. The van der Waals surface area contributed by atoms with E-state index in [1.165, 1.54) is 38.5 Å². The van der Waals surface area contributed by atoms with Crippen molar-refractivity contribution < 1.29 is 14.6 Å². The maximum absolute atomic E-state index is 11.1. The van der Waals surface area contributed by atoms with E-state index in [0.29, 0.717) is 11.8 Å². The lowest BCUT2D eigenvalue weighted by Gasteiger charge is -2.24. The van der Waals surface area contributed by atoms with Crippen molar-refractivity contribution in [1.82, 2.24) is 0 Å². The molecule has 132 valence electrons. The molecule has 0 spiro atoms. The fourth-order valence-electron chi connectivity index (χ4n) is 2.93. The molecule has 0 aliphatic heterocycles. The van der Waals surface area contributed by atoms with Crippen molar-refractivity contribution in [3.63, 3.8) is 0 Å². The van der Waals surface area contributed by atoms with Gasteiger partial charge in [0, 0.05) is 6.61 Å². The van der Waals surface area contributed by atoms with Crippen molar-refractivity contribution in [1.29, 1.82) is 0 Å². The summed E-state index contributed by atoms with van der Waals surface area (Å²) in [4.78, 5) is 11.1. The maximum Gasteiger partial charge on any atom is 0.305 e. The minimum Gasteiger partial charge on any atom is -0.481 e. The van der Waals surface area contributed by atoms with Crippen LogP contribution in [0.5, 0.6) is 0 Å². The molecule has 0 amide bonds. The lowest BCUT2D eigenvalue weighted by molar-refractivity contribution is -0.141. The number of aliphatic carboxylic acids is 1. The molecule has 0 saturated carbocycles. The first kappa shape index (κ1) is 21.4. The number of carboxylic acid groups (broad SMARTS) is 1. The molecule has 22 heavy (non-hydrogen) atoms. The number of unbranched alkanes of at least 4 members (excludes halogenated alkanes) is 2. The molecule has 0 saturated heterocycles. The van der Waals surface area contributed by atoms with E-state index >= 15 is 0 Å². The van der Waals surface area contributed by atoms with Crippen LogP contribution in [0.2, 0.25) is 0 Å². The van der Waals surface area contributed by atoms with Gasteiger partial charge in [0.25, 0.3) is 0 Å². The quantitative estimate of drug-likeness (QED) is 0.423. The van der Waals surface area contributed by atoms with Crippen molar-refractivity contribution in [3.8, 4) is 0 Å². The van der Waals surface area contributed by atoms with E-state index < -0.39 is 5.97 Å². The van der Waals surface area contributed by atoms with Crippen LogP contribution < -0.4 is 0 Å². The molecule has 0 aliphatic carbocycles. The first-order valence-corrected chi connectivity index (χ1v) is 9.40. The van der Waals surface area contributed by atoms with Gasteiger partial charge in [-0.25, -0.2) is 0 Å². The zero-order valence-electron chi connectivity index (χ0n) is 15.3. The Hall–Kier alpha value is -0.570. The van der Waals surface area contributed by atoms with Gasteiger partial charge in [-0.05, 0) is 24.7 Å². The van der Waals surface area contributed by atoms with Gasteiger partial charge < -0.3 is 9.84 Å². The Kier molecular flexibility index (Phi) is 13.7. The average Bonchev–Trinajstić information content (AvgIpc) is 2.50. The first-order valence-electron chi connectivity index (χ1n) is 9.40. The highest BCUT2D eigenvalue weighted by atomic mass is 16.5. The Morgan fingerprint density at radius 2 is 1.50 bits per heavy atom. The van der Waals surface area contributed by atoms with Crippen LogP contribution in [0.4, 0.5) is 0 Å². The van der Waals surface area contributed by atoms with E-state index in [2.05, 4.69) is 27.7 Å². The molecule has 3 nitrogen and oxygen atoms in total. The van der Waals surface area contributed by atoms with Gasteiger partial charge in [0.1, 0.15) is 0 Å². The standard InChI is InChI=1S/C19H38O3/c1-5-9-11-16(7-3)13-18(14-19(20)21)22-15-17(8-4)12-10-6-2/h16-18H,5-15H2,1-4H3,(H,20,21). The van der Waals surface area contributed by atoms with Gasteiger partial charge in [0.05, 0.1) is 12.5 Å². The molecule has 0 aliphatic rings. The number of rotatable bonds is 15. The van der Waals surface area contributed by atoms with Crippen molar-refractivity contribution in [2.45, 2.75) is 98.0 Å². The largest absolute Gasteiger partial charge is 0.481 e. The van der Waals surface area contributed by atoms with Gasteiger partial charge in [-0.3, -0.25) is 4.79 Å². The highest BCUT2D eigenvalue weighted by Gasteiger charge is 2.20. The Morgan fingerprint density at radius 1 is 0.955 bits per heavy atom. The fourth-order valence-corrected chi connectivity index (χ4v) is 2.93. The summed E-state index contributed by atoms with van der Waals surface area (Å²) >= 11 is 0. The SMILES string of the molecule is CCCCC(CC)COC(CC(=O)O)CC(CC)CCCC. The zero-order valence-corrected chi connectivity index (χ0v) is 15.3. The van der Waals surface area contributed by atoms with Crippen LogP contribution in [0.15, 0.2) is 0 Å². The van der Waals surface area contributed by atoms with E-state index in [1.54, 1.807) is 0 Å². The second-order valence-electron chi connectivity index (χ2n) is 6.62. The monoisotopic (exact) mass is 314 g/mol. The number of hydrogen-bond donors (Lipinski definition) is 1. The minimum atomic E-state index is -0.739. The maximum atomic E-state index is 11.1. The van der Waals surface area contributed by atoms with Crippen LogP contribution in [0.1, 0.15) is 91.9 Å². The van der Waals surface area contributed by atoms with Crippen LogP contribution in [-0.2, 0) is 9.53 Å². The molecule has 1 N–H and O–H groups in total. The van der Waals surface area contributed by atoms with E-state index in [0.717, 1.165) is 25.9 Å². The van der Waals surface area contributed by atoms with E-state index in [1.807, 2.05) is 0 Å². The molecule has 0 rings (SSSR count). The van der Waals surface area contributed by atoms with E-state index in [-0.39, 0.29) is 12.5 Å². The Labute approximate surface area is 137 Å². The Bertz CT molecular complexity index is 265. The molecule has 0 aromatic carbocycles. The summed E-state index contributed by atoms with van der Waals surface area (Å²) in [5.41, 5.74) is 0. The number of ether oxygens (including phenoxy) is 1. The lowest BCUT2D eigenvalue weighted by Crippen LogP contribution is -2.24. The lowest BCUT2D eigenvalue weighted by atomic mass is 9.92. The summed E-state index contributed by atoms with van der Waals surface area (Å²) in [5, 5.41) is 9.13. The van der Waals surface area contributed by atoms with Crippen LogP contribution in [0, 0.1) is 11.8 Å². The summed E-state index contributed by atoms with van der Waals surface area (Å²) in [6.07, 6.45) is 10.4. The summed E-state index contributed by atoms with van der Waals surface area (Å²) in [5.74, 6) is 0.434. The third kappa shape index (κ3) is 11.1. The second kappa shape index (κ2) is 14.0. The predicted octanol–water partition coefficient (Wildman–Crippen LogP) is 5.67. The van der Waals surface area contributed by atoms with Gasteiger partial charge in [-0.2, -0.15) is 0 Å². The summed E-state index contributed by atoms with van der Waals surface area (Å²) in [6, 6.07) is 0. The van der Waals surface area contributed by atoms with Gasteiger partial charge in [0.15, 0.2) is 0 Å². The average molecular weight is 315 g/mol.